The van der Waals surface area contributed by atoms with Gasteiger partial charge in [-0.2, -0.15) is 19.9 Å². The minimum absolute atomic E-state index is 0.141. The molecule has 0 fully saturated rings. The topological polar surface area (TPSA) is 140 Å². The molecule has 9 rings (SSSR count). The van der Waals surface area contributed by atoms with Crippen molar-refractivity contribution in [3.63, 3.8) is 0 Å². The largest absolute Gasteiger partial charge is 0.435 e. The quantitative estimate of drug-likeness (QED) is 0.145. The van der Waals surface area contributed by atoms with Gasteiger partial charge in [-0.25, -0.2) is 19.9 Å². The lowest BCUT2D eigenvalue weighted by Crippen LogP contribution is -2.02. The second kappa shape index (κ2) is 12.4. The summed E-state index contributed by atoms with van der Waals surface area (Å²) in [4.78, 5) is 37.8. The van der Waals surface area contributed by atoms with Gasteiger partial charge in [-0.3, -0.25) is 0 Å². The number of rotatable bonds is 8. The predicted molar refractivity (Wildman–Crippen MR) is 185 cm³/mol. The molecule has 0 aliphatic carbocycles. The number of hydrogen-bond donors (Lipinski definition) is 0. The lowest BCUT2D eigenvalue weighted by atomic mass is 10.2. The number of ether oxygens (including phenoxy) is 4. The van der Waals surface area contributed by atoms with Crippen LogP contribution in [0.15, 0.2) is 133 Å². The molecule has 0 atom stereocenters. The van der Waals surface area contributed by atoms with Crippen LogP contribution < -0.4 is 18.9 Å². The number of aromatic nitrogens is 8. The van der Waals surface area contributed by atoms with Crippen molar-refractivity contribution in [2.24, 2.45) is 0 Å². The molecular weight excluding hydrogens is 632 g/mol. The van der Waals surface area contributed by atoms with Gasteiger partial charge in [0, 0.05) is 0 Å². The zero-order chi connectivity index (χ0) is 33.3. The minimum Gasteiger partial charge on any atom is -0.435 e. The fourth-order valence-corrected chi connectivity index (χ4v) is 5.11. The summed E-state index contributed by atoms with van der Waals surface area (Å²) in [5.41, 5.74) is 3.13. The summed E-state index contributed by atoms with van der Waals surface area (Å²) < 4.78 is 24.4. The second-order valence-electron chi connectivity index (χ2n) is 10.9. The monoisotopic (exact) mass is 654 g/mol. The Balaban J connectivity index is 1.16. The number of nitrogens with zero attached hydrogens (tertiary/aromatic N) is 8. The molecule has 12 nitrogen and oxygen atoms in total. The summed E-state index contributed by atoms with van der Waals surface area (Å²) in [6, 6.07) is 40.6. The maximum atomic E-state index is 6.10. The van der Waals surface area contributed by atoms with E-state index in [1.165, 1.54) is 0 Å². The maximum Gasteiger partial charge on any atom is 0.286 e. The molecule has 5 aromatic carbocycles. The summed E-state index contributed by atoms with van der Waals surface area (Å²) in [5.74, 6) is 2.82. The van der Waals surface area contributed by atoms with Crippen LogP contribution in [-0.2, 0) is 0 Å². The first kappa shape index (κ1) is 28.8. The molecule has 238 valence electrons. The van der Waals surface area contributed by atoms with Crippen LogP contribution in [0.25, 0.3) is 44.7 Å². The Morgan fingerprint density at radius 2 is 0.480 bits per heavy atom. The van der Waals surface area contributed by atoms with Gasteiger partial charge >= 0.3 is 0 Å². The molecule has 0 N–H and O–H groups in total. The second-order valence-corrected chi connectivity index (χ2v) is 10.9. The summed E-state index contributed by atoms with van der Waals surface area (Å²) in [6.45, 7) is 0. The van der Waals surface area contributed by atoms with Crippen molar-refractivity contribution >= 4 is 44.7 Å². The van der Waals surface area contributed by atoms with Crippen molar-refractivity contribution in [3.05, 3.63) is 133 Å². The van der Waals surface area contributed by atoms with E-state index in [1.807, 2.05) is 121 Å². The summed E-state index contributed by atoms with van der Waals surface area (Å²) in [5, 5.41) is 0. The molecule has 12 heteroatoms. The molecule has 0 aliphatic rings. The Kier molecular flexibility index (Phi) is 7.13. The average Bonchev–Trinajstić information content (AvgIpc) is 3.15. The number of benzene rings is 5. The fourth-order valence-electron chi connectivity index (χ4n) is 5.11. The number of hydrogen-bond acceptors (Lipinski definition) is 12. The maximum absolute atomic E-state index is 6.10. The zero-order valence-corrected chi connectivity index (χ0v) is 25.9. The molecule has 4 aromatic heterocycles. The first-order valence-corrected chi connectivity index (χ1v) is 15.5. The lowest BCUT2D eigenvalue weighted by Gasteiger charge is -2.12. The fraction of sp³-hybridized carbons (Fsp3) is 0. The Labute approximate surface area is 283 Å². The first-order chi connectivity index (χ1) is 24.7. The van der Waals surface area contributed by atoms with Gasteiger partial charge in [-0.15, -0.1) is 0 Å². The molecule has 4 heterocycles. The number of para-hydroxylation sites is 4. The highest BCUT2D eigenvalue weighted by Gasteiger charge is 2.19. The highest BCUT2D eigenvalue weighted by Crippen LogP contribution is 2.35. The Morgan fingerprint density at radius 3 is 0.700 bits per heavy atom. The molecule has 0 aliphatic heterocycles. The first-order valence-electron chi connectivity index (χ1n) is 15.5. The van der Waals surface area contributed by atoms with E-state index >= 15 is 0 Å². The van der Waals surface area contributed by atoms with Crippen molar-refractivity contribution < 1.29 is 18.9 Å². The molecule has 0 saturated heterocycles. The van der Waals surface area contributed by atoms with Crippen molar-refractivity contribution in [3.8, 4) is 46.5 Å². The molecule has 50 heavy (non-hydrogen) atoms. The van der Waals surface area contributed by atoms with Gasteiger partial charge in [0.15, 0.2) is 0 Å². The molecule has 0 saturated carbocycles. The van der Waals surface area contributed by atoms with Gasteiger partial charge in [0.05, 0.1) is 22.1 Å². The van der Waals surface area contributed by atoms with E-state index < -0.39 is 0 Å². The van der Waals surface area contributed by atoms with Crippen LogP contribution in [0.2, 0.25) is 0 Å². The van der Waals surface area contributed by atoms with Gasteiger partial charge in [-0.05, 0) is 60.7 Å². The van der Waals surface area contributed by atoms with Gasteiger partial charge in [-0.1, -0.05) is 72.8 Å². The molecule has 0 bridgehead atoms. The van der Waals surface area contributed by atoms with Gasteiger partial charge in [0.1, 0.15) is 23.0 Å². The predicted octanol–water partition coefficient (Wildman–Crippen LogP) is 8.63. The normalized spacial score (nSPS) is 11.2. The average molecular weight is 655 g/mol. The lowest BCUT2D eigenvalue weighted by molar-refractivity contribution is 0.394. The van der Waals surface area contributed by atoms with E-state index in [0.717, 1.165) is 0 Å². The summed E-state index contributed by atoms with van der Waals surface area (Å²) in [6.07, 6.45) is 0. The van der Waals surface area contributed by atoms with Gasteiger partial charge in [0.2, 0.25) is 22.6 Å². The highest BCUT2D eigenvalue weighted by molar-refractivity contribution is 5.95. The third-order valence-corrected chi connectivity index (χ3v) is 7.40. The van der Waals surface area contributed by atoms with E-state index in [0.29, 0.717) is 45.1 Å². The Morgan fingerprint density at radius 1 is 0.260 bits per heavy atom. The third-order valence-electron chi connectivity index (χ3n) is 7.40. The van der Waals surface area contributed by atoms with Crippen LogP contribution in [0.5, 0.6) is 46.5 Å². The molecule has 0 spiro atoms. The van der Waals surface area contributed by atoms with Crippen molar-refractivity contribution in [2.75, 3.05) is 0 Å². The van der Waals surface area contributed by atoms with Crippen molar-refractivity contribution in [1.29, 1.82) is 0 Å². The van der Waals surface area contributed by atoms with Crippen LogP contribution in [0.3, 0.4) is 0 Å². The smallest absolute Gasteiger partial charge is 0.286 e. The van der Waals surface area contributed by atoms with Crippen LogP contribution in [0, 0.1) is 0 Å². The van der Waals surface area contributed by atoms with Gasteiger partial charge < -0.3 is 18.9 Å². The van der Waals surface area contributed by atoms with Crippen LogP contribution in [0.1, 0.15) is 0 Å². The molecule has 0 radical (unpaired) electrons. The van der Waals surface area contributed by atoms with E-state index in [1.54, 1.807) is 12.1 Å². The van der Waals surface area contributed by atoms with Crippen molar-refractivity contribution in [1.82, 2.24) is 39.9 Å². The Bertz CT molecular complexity index is 2290. The van der Waals surface area contributed by atoms with E-state index in [4.69, 9.17) is 38.9 Å². The number of fused-ring (bicyclic) bond motifs is 4. The van der Waals surface area contributed by atoms with Crippen molar-refractivity contribution in [2.45, 2.75) is 0 Å². The summed E-state index contributed by atoms with van der Waals surface area (Å²) >= 11 is 0. The van der Waals surface area contributed by atoms with E-state index in [9.17, 15) is 0 Å². The minimum atomic E-state index is 0.141. The highest BCUT2D eigenvalue weighted by atomic mass is 16.5. The zero-order valence-electron chi connectivity index (χ0n) is 25.9. The molecule has 0 unspecified atom stereocenters. The molecular formula is C38H22N8O4. The standard InChI is InChI=1S/C38H22N8O4/c1-5-13-23(14-6-1)47-35-36(48-24-15-7-2-8-16-24)44-32-31(43-35)39-27-21-29-30(22-28(27)40-32)42-34-33(41-29)45-37(49-25-17-9-3-10-18-25)38(46-34)50-26-19-11-4-12-20-26/h1-22H. The van der Waals surface area contributed by atoms with Crippen LogP contribution >= 0.6 is 0 Å². The molecule has 9 aromatic rings. The summed E-state index contributed by atoms with van der Waals surface area (Å²) in [7, 11) is 0. The third kappa shape index (κ3) is 5.84. The van der Waals surface area contributed by atoms with E-state index in [2.05, 4.69) is 19.9 Å². The SMILES string of the molecule is c1ccc(Oc2nc3nc4cc5nc6nc(Oc7ccccc7)c(Oc7ccccc7)nc6nc5cc4nc3nc2Oc2ccccc2)cc1. The van der Waals surface area contributed by atoms with Crippen LogP contribution in [0.4, 0.5) is 0 Å². The molecule has 0 amide bonds. The van der Waals surface area contributed by atoms with Crippen LogP contribution in [-0.4, -0.2) is 39.9 Å². The van der Waals surface area contributed by atoms with Gasteiger partial charge in [0.25, 0.3) is 23.5 Å². The Hall–Kier alpha value is -7.34. The van der Waals surface area contributed by atoms with E-state index in [-0.39, 0.29) is 46.1 Å².